The predicted octanol–water partition coefficient (Wildman–Crippen LogP) is 3.11. The molecule has 0 saturated heterocycles. The second-order valence-corrected chi connectivity index (χ2v) is 6.81. The second-order valence-electron chi connectivity index (χ2n) is 6.81. The van der Waals surface area contributed by atoms with Crippen molar-refractivity contribution in [1.29, 1.82) is 0 Å². The zero-order valence-electron chi connectivity index (χ0n) is 14.4. The van der Waals surface area contributed by atoms with Crippen LogP contribution in [0.2, 0.25) is 0 Å². The number of aryl methyl sites for hydroxylation is 2. The number of oxazole rings is 1. The average Bonchev–Trinajstić information content (AvgIpc) is 3.08. The van der Waals surface area contributed by atoms with E-state index in [1.54, 1.807) is 0 Å². The molecule has 0 saturated carbocycles. The molecule has 1 aliphatic heterocycles. The molecule has 0 radical (unpaired) electrons. The van der Waals surface area contributed by atoms with E-state index in [2.05, 4.69) is 18.8 Å². The lowest BCUT2D eigenvalue weighted by atomic mass is 10.1. The fourth-order valence-electron chi connectivity index (χ4n) is 2.95. The van der Waals surface area contributed by atoms with Crippen molar-refractivity contribution in [3.63, 3.8) is 0 Å². The molecule has 0 unspecified atom stereocenters. The van der Waals surface area contributed by atoms with Crippen molar-refractivity contribution >= 4 is 5.91 Å². The first-order chi connectivity index (χ1) is 11.0. The third-order valence-electron chi connectivity index (χ3n) is 4.61. The number of nitrogens with zero attached hydrogens (tertiary/aromatic N) is 3. The maximum atomic E-state index is 12.7. The van der Waals surface area contributed by atoms with Gasteiger partial charge in [0.25, 0.3) is 5.91 Å². The first-order valence-electron chi connectivity index (χ1n) is 8.34. The molecular formula is C18H25N3O2. The highest BCUT2D eigenvalue weighted by molar-refractivity contribution is 5.95. The van der Waals surface area contributed by atoms with Crippen molar-refractivity contribution in [2.45, 2.75) is 46.6 Å². The second kappa shape index (κ2) is 6.22. The molecule has 3 heterocycles. The summed E-state index contributed by atoms with van der Waals surface area (Å²) in [5.41, 5.74) is 2.70. The van der Waals surface area contributed by atoms with E-state index in [9.17, 15) is 4.79 Å². The molecule has 0 aliphatic carbocycles. The first-order valence-corrected chi connectivity index (χ1v) is 8.34. The van der Waals surface area contributed by atoms with Gasteiger partial charge < -0.3 is 13.9 Å². The summed E-state index contributed by atoms with van der Waals surface area (Å²) in [6, 6.07) is 1.89. The Bertz CT molecular complexity index is 712. The van der Waals surface area contributed by atoms with Crippen LogP contribution in [0.1, 0.15) is 53.7 Å². The van der Waals surface area contributed by atoms with E-state index in [0.29, 0.717) is 19.0 Å². The Morgan fingerprint density at radius 2 is 2.22 bits per heavy atom. The largest absolute Gasteiger partial charge is 0.445 e. The van der Waals surface area contributed by atoms with Crippen LogP contribution in [0.5, 0.6) is 0 Å². The molecule has 1 aliphatic rings. The molecule has 0 N–H and O–H groups in total. The standard InChI is InChI=1S/C18H25N3O2/c1-12(2)5-6-17-19-15-11-21(10-8-16(15)23-17)18(22)14-7-9-20(4)13(14)3/h7,9,12H,5-6,8,10-11H2,1-4H3. The van der Waals surface area contributed by atoms with E-state index >= 15 is 0 Å². The van der Waals surface area contributed by atoms with Crippen LogP contribution in [-0.2, 0) is 26.4 Å². The number of rotatable bonds is 4. The van der Waals surface area contributed by atoms with Crippen LogP contribution in [-0.4, -0.2) is 26.9 Å². The van der Waals surface area contributed by atoms with Crippen LogP contribution < -0.4 is 0 Å². The number of aromatic nitrogens is 2. The zero-order chi connectivity index (χ0) is 16.6. The van der Waals surface area contributed by atoms with Gasteiger partial charge in [-0.25, -0.2) is 4.98 Å². The number of carbonyl (C=O) groups excluding carboxylic acids is 1. The third-order valence-corrected chi connectivity index (χ3v) is 4.61. The maximum absolute atomic E-state index is 12.7. The van der Waals surface area contributed by atoms with Crippen molar-refractivity contribution < 1.29 is 9.21 Å². The smallest absolute Gasteiger partial charge is 0.256 e. The molecule has 2 aromatic heterocycles. The fourth-order valence-corrected chi connectivity index (χ4v) is 2.95. The molecule has 5 heteroatoms. The quantitative estimate of drug-likeness (QED) is 0.871. The molecule has 2 aromatic rings. The van der Waals surface area contributed by atoms with Gasteiger partial charge in [0, 0.05) is 38.3 Å². The summed E-state index contributed by atoms with van der Waals surface area (Å²) in [7, 11) is 1.96. The van der Waals surface area contributed by atoms with Gasteiger partial charge in [-0.05, 0) is 25.3 Å². The molecule has 0 fully saturated rings. The SMILES string of the molecule is Cc1c(C(=O)N2CCc3oc(CCC(C)C)nc3C2)ccn1C. The van der Waals surface area contributed by atoms with Crippen molar-refractivity contribution in [3.8, 4) is 0 Å². The van der Waals surface area contributed by atoms with Gasteiger partial charge in [0.05, 0.1) is 12.1 Å². The first kappa shape index (κ1) is 15.8. The van der Waals surface area contributed by atoms with E-state index < -0.39 is 0 Å². The minimum atomic E-state index is 0.0838. The van der Waals surface area contributed by atoms with Crippen molar-refractivity contribution in [2.75, 3.05) is 6.54 Å². The van der Waals surface area contributed by atoms with Gasteiger partial charge in [0.2, 0.25) is 0 Å². The molecule has 23 heavy (non-hydrogen) atoms. The highest BCUT2D eigenvalue weighted by atomic mass is 16.4. The lowest BCUT2D eigenvalue weighted by Gasteiger charge is -2.25. The van der Waals surface area contributed by atoms with Gasteiger partial charge >= 0.3 is 0 Å². The van der Waals surface area contributed by atoms with Crippen LogP contribution in [0.25, 0.3) is 0 Å². The highest BCUT2D eigenvalue weighted by Gasteiger charge is 2.27. The molecule has 0 spiro atoms. The van der Waals surface area contributed by atoms with Gasteiger partial charge in [0.15, 0.2) is 5.89 Å². The van der Waals surface area contributed by atoms with Crippen LogP contribution in [0.3, 0.4) is 0 Å². The van der Waals surface area contributed by atoms with Crippen molar-refractivity contribution in [3.05, 3.63) is 40.9 Å². The molecule has 5 nitrogen and oxygen atoms in total. The summed E-state index contributed by atoms with van der Waals surface area (Å²) in [4.78, 5) is 19.2. The molecule has 0 bridgehead atoms. The Labute approximate surface area is 137 Å². The summed E-state index contributed by atoms with van der Waals surface area (Å²) in [5, 5.41) is 0. The van der Waals surface area contributed by atoms with Crippen LogP contribution in [0.4, 0.5) is 0 Å². The summed E-state index contributed by atoms with van der Waals surface area (Å²) < 4.78 is 7.84. The third kappa shape index (κ3) is 3.19. The van der Waals surface area contributed by atoms with E-state index in [0.717, 1.165) is 47.9 Å². The van der Waals surface area contributed by atoms with Gasteiger partial charge in [-0.3, -0.25) is 4.79 Å². The Balaban J connectivity index is 1.72. The fraction of sp³-hybridized carbons (Fsp3) is 0.556. The van der Waals surface area contributed by atoms with E-state index in [-0.39, 0.29) is 5.91 Å². The highest BCUT2D eigenvalue weighted by Crippen LogP contribution is 2.23. The Morgan fingerprint density at radius 3 is 2.87 bits per heavy atom. The van der Waals surface area contributed by atoms with Crippen molar-refractivity contribution in [2.24, 2.45) is 13.0 Å². The zero-order valence-corrected chi connectivity index (χ0v) is 14.4. The maximum Gasteiger partial charge on any atom is 0.256 e. The van der Waals surface area contributed by atoms with Gasteiger partial charge in [-0.15, -0.1) is 0 Å². The summed E-state index contributed by atoms with van der Waals surface area (Å²) in [6.45, 7) is 7.62. The molecule has 3 rings (SSSR count). The van der Waals surface area contributed by atoms with E-state index in [1.165, 1.54) is 0 Å². The van der Waals surface area contributed by atoms with Crippen LogP contribution >= 0.6 is 0 Å². The minimum Gasteiger partial charge on any atom is -0.445 e. The van der Waals surface area contributed by atoms with Crippen LogP contribution in [0.15, 0.2) is 16.7 Å². The van der Waals surface area contributed by atoms with Crippen molar-refractivity contribution in [1.82, 2.24) is 14.5 Å². The summed E-state index contributed by atoms with van der Waals surface area (Å²) >= 11 is 0. The number of amides is 1. The monoisotopic (exact) mass is 315 g/mol. The number of fused-ring (bicyclic) bond motifs is 1. The van der Waals surface area contributed by atoms with Crippen LogP contribution in [0, 0.1) is 12.8 Å². The minimum absolute atomic E-state index is 0.0838. The Hall–Kier alpha value is -2.04. The average molecular weight is 315 g/mol. The molecular weight excluding hydrogens is 290 g/mol. The summed E-state index contributed by atoms with van der Waals surface area (Å²) in [5.74, 6) is 2.49. The van der Waals surface area contributed by atoms with Gasteiger partial charge in [0.1, 0.15) is 11.5 Å². The predicted molar refractivity (Wildman–Crippen MR) is 88.3 cm³/mol. The molecule has 124 valence electrons. The van der Waals surface area contributed by atoms with E-state index in [1.807, 2.05) is 35.7 Å². The number of hydrogen-bond acceptors (Lipinski definition) is 3. The topological polar surface area (TPSA) is 51.3 Å². The Kier molecular flexibility index (Phi) is 4.28. The molecule has 0 aromatic carbocycles. The number of carbonyl (C=O) groups is 1. The summed E-state index contributed by atoms with van der Waals surface area (Å²) in [6.07, 6.45) is 4.63. The molecule has 0 atom stereocenters. The van der Waals surface area contributed by atoms with Gasteiger partial charge in [-0.1, -0.05) is 13.8 Å². The normalized spacial score (nSPS) is 14.4. The lowest BCUT2D eigenvalue weighted by Crippen LogP contribution is -2.36. The Morgan fingerprint density at radius 1 is 1.43 bits per heavy atom. The molecule has 1 amide bonds. The van der Waals surface area contributed by atoms with E-state index in [4.69, 9.17) is 4.42 Å². The number of hydrogen-bond donors (Lipinski definition) is 0. The van der Waals surface area contributed by atoms with Gasteiger partial charge in [-0.2, -0.15) is 0 Å². The lowest BCUT2D eigenvalue weighted by molar-refractivity contribution is 0.0727.